The van der Waals surface area contributed by atoms with Gasteiger partial charge in [-0.2, -0.15) is 0 Å². The van der Waals surface area contributed by atoms with Crippen molar-refractivity contribution in [3.63, 3.8) is 0 Å². The number of fused-ring (bicyclic) bond motifs is 1. The average Bonchev–Trinajstić information content (AvgIpc) is 3.08. The molecule has 3 nitrogen and oxygen atoms in total. The summed E-state index contributed by atoms with van der Waals surface area (Å²) in [4.78, 5) is 0. The van der Waals surface area contributed by atoms with E-state index in [2.05, 4.69) is 23.0 Å². The third-order valence-electron chi connectivity index (χ3n) is 4.14. The molecule has 2 atom stereocenters. The van der Waals surface area contributed by atoms with Gasteiger partial charge in [-0.25, -0.2) is 0 Å². The molecule has 0 amide bonds. The van der Waals surface area contributed by atoms with Gasteiger partial charge >= 0.3 is 0 Å². The number of nitrogens with one attached hydrogen (secondary N) is 1. The van der Waals surface area contributed by atoms with Crippen LogP contribution in [0.4, 0.5) is 0 Å². The molecule has 0 radical (unpaired) electrons. The van der Waals surface area contributed by atoms with Crippen molar-refractivity contribution in [1.82, 2.24) is 9.88 Å². The molecule has 1 aromatic carbocycles. The Balaban J connectivity index is 1.63. The van der Waals surface area contributed by atoms with Gasteiger partial charge in [0.25, 0.3) is 0 Å². The Morgan fingerprint density at radius 1 is 1.43 bits per heavy atom. The molecular weight excluding hydrogens is 307 g/mol. The van der Waals surface area contributed by atoms with E-state index in [9.17, 15) is 0 Å². The first-order valence-electron chi connectivity index (χ1n) is 7.44. The largest absolute Gasteiger partial charge is 0.377 e. The second kappa shape index (κ2) is 6.57. The molecule has 2 unspecified atom stereocenters. The van der Waals surface area contributed by atoms with Crippen LogP contribution in [0.25, 0.3) is 10.9 Å². The number of aromatic nitrogens is 1. The Morgan fingerprint density at radius 2 is 2.29 bits per heavy atom. The van der Waals surface area contributed by atoms with Gasteiger partial charge in [-0.15, -0.1) is 0 Å². The minimum Gasteiger partial charge on any atom is -0.377 e. The van der Waals surface area contributed by atoms with Crippen LogP contribution in [0, 0.1) is 0 Å². The summed E-state index contributed by atoms with van der Waals surface area (Å²) < 4.78 is 7.88. The fourth-order valence-electron chi connectivity index (χ4n) is 2.95. The van der Waals surface area contributed by atoms with E-state index in [4.69, 9.17) is 27.9 Å². The lowest BCUT2D eigenvalue weighted by Gasteiger charge is -2.20. The van der Waals surface area contributed by atoms with Crippen LogP contribution in [-0.2, 0) is 11.3 Å². The fourth-order valence-corrected chi connectivity index (χ4v) is 3.50. The number of hydrogen-bond donors (Lipinski definition) is 1. The summed E-state index contributed by atoms with van der Waals surface area (Å²) in [5.41, 5.74) is 1.08. The highest BCUT2D eigenvalue weighted by atomic mass is 35.5. The standard InChI is InChI=1S/C16H20Cl2N2O/c1-11(16-3-2-8-21-16)19-5-7-20-6-4-13-14(18)9-12(17)10-15(13)20/h4,6,9-11,16,19H,2-3,5,7-8H2,1H3. The smallest absolute Gasteiger partial charge is 0.0726 e. The monoisotopic (exact) mass is 326 g/mol. The van der Waals surface area contributed by atoms with Gasteiger partial charge in [0.15, 0.2) is 0 Å². The molecule has 1 aromatic heterocycles. The molecule has 1 N–H and O–H groups in total. The van der Waals surface area contributed by atoms with Crippen LogP contribution >= 0.6 is 23.2 Å². The molecule has 0 aliphatic carbocycles. The van der Waals surface area contributed by atoms with Crippen molar-refractivity contribution in [1.29, 1.82) is 0 Å². The van der Waals surface area contributed by atoms with E-state index in [0.717, 1.165) is 37.0 Å². The van der Waals surface area contributed by atoms with E-state index in [1.165, 1.54) is 6.42 Å². The van der Waals surface area contributed by atoms with Crippen LogP contribution in [0.15, 0.2) is 24.4 Å². The summed E-state index contributed by atoms with van der Waals surface area (Å²) in [6.45, 7) is 4.87. The Bertz CT molecular complexity index is 620. The van der Waals surface area contributed by atoms with Gasteiger partial charge in [0, 0.05) is 42.3 Å². The highest BCUT2D eigenvalue weighted by Gasteiger charge is 2.21. The van der Waals surface area contributed by atoms with Crippen LogP contribution in [-0.4, -0.2) is 29.9 Å². The van der Waals surface area contributed by atoms with E-state index in [1.54, 1.807) is 6.07 Å². The molecule has 3 rings (SSSR count). The van der Waals surface area contributed by atoms with Crippen molar-refractivity contribution in [3.8, 4) is 0 Å². The van der Waals surface area contributed by atoms with Gasteiger partial charge in [0.05, 0.1) is 16.6 Å². The van der Waals surface area contributed by atoms with Crippen molar-refractivity contribution < 1.29 is 4.74 Å². The Labute approximate surface area is 135 Å². The molecule has 2 heterocycles. The van der Waals surface area contributed by atoms with Crippen molar-refractivity contribution in [2.24, 2.45) is 0 Å². The maximum atomic E-state index is 6.22. The predicted molar refractivity (Wildman–Crippen MR) is 88.4 cm³/mol. The molecule has 1 aliphatic rings. The molecular formula is C16H20Cl2N2O. The Morgan fingerprint density at radius 3 is 3.05 bits per heavy atom. The number of ether oxygens (including phenoxy) is 1. The SMILES string of the molecule is CC(NCCn1ccc2c(Cl)cc(Cl)cc21)C1CCCO1. The van der Waals surface area contributed by atoms with Gasteiger partial charge in [0.1, 0.15) is 0 Å². The van der Waals surface area contributed by atoms with Gasteiger partial charge in [0.2, 0.25) is 0 Å². The summed E-state index contributed by atoms with van der Waals surface area (Å²) in [6.07, 6.45) is 4.75. The van der Waals surface area contributed by atoms with Crippen molar-refractivity contribution >= 4 is 34.1 Å². The van der Waals surface area contributed by atoms with Crippen molar-refractivity contribution in [3.05, 3.63) is 34.4 Å². The number of hydrogen-bond acceptors (Lipinski definition) is 2. The van der Waals surface area contributed by atoms with Crippen LogP contribution < -0.4 is 5.32 Å². The first kappa shape index (κ1) is 15.2. The lowest BCUT2D eigenvalue weighted by molar-refractivity contribution is 0.0835. The molecule has 1 fully saturated rings. The quantitative estimate of drug-likeness (QED) is 0.895. The lowest BCUT2D eigenvalue weighted by atomic mass is 10.1. The Hall–Kier alpha value is -0.740. The highest BCUT2D eigenvalue weighted by Crippen LogP contribution is 2.28. The molecule has 0 spiro atoms. The van der Waals surface area contributed by atoms with Gasteiger partial charge < -0.3 is 14.6 Å². The van der Waals surface area contributed by atoms with Gasteiger partial charge in [-0.05, 0) is 38.0 Å². The zero-order chi connectivity index (χ0) is 14.8. The fraction of sp³-hybridized carbons (Fsp3) is 0.500. The minimum absolute atomic E-state index is 0.357. The topological polar surface area (TPSA) is 26.2 Å². The second-order valence-corrected chi connectivity index (χ2v) is 6.47. The minimum atomic E-state index is 0.357. The van der Waals surface area contributed by atoms with E-state index < -0.39 is 0 Å². The zero-order valence-corrected chi connectivity index (χ0v) is 13.6. The number of nitrogens with zero attached hydrogens (tertiary/aromatic N) is 1. The molecule has 5 heteroatoms. The van der Waals surface area contributed by atoms with Crippen LogP contribution in [0.3, 0.4) is 0 Å². The normalized spacial score (nSPS) is 20.2. The van der Waals surface area contributed by atoms with Gasteiger partial charge in [-0.3, -0.25) is 0 Å². The molecule has 21 heavy (non-hydrogen) atoms. The lowest BCUT2D eigenvalue weighted by Crippen LogP contribution is -2.38. The summed E-state index contributed by atoms with van der Waals surface area (Å²) >= 11 is 12.3. The Kier molecular flexibility index (Phi) is 4.75. The van der Waals surface area contributed by atoms with E-state index in [-0.39, 0.29) is 0 Å². The summed E-state index contributed by atoms with van der Waals surface area (Å²) in [5, 5.41) is 5.97. The maximum absolute atomic E-state index is 6.22. The average molecular weight is 327 g/mol. The van der Waals surface area contributed by atoms with Gasteiger partial charge in [-0.1, -0.05) is 23.2 Å². The van der Waals surface area contributed by atoms with Crippen molar-refractivity contribution in [2.45, 2.75) is 38.5 Å². The van der Waals surface area contributed by atoms with Crippen molar-refractivity contribution in [2.75, 3.05) is 13.2 Å². The zero-order valence-electron chi connectivity index (χ0n) is 12.1. The molecule has 2 aromatic rings. The predicted octanol–water partition coefficient (Wildman–Crippen LogP) is 4.11. The molecule has 1 saturated heterocycles. The highest BCUT2D eigenvalue weighted by molar-refractivity contribution is 6.38. The number of halogens is 2. The summed E-state index contributed by atoms with van der Waals surface area (Å²) in [5.74, 6) is 0. The number of rotatable bonds is 5. The van der Waals surface area contributed by atoms with Crippen LogP contribution in [0.2, 0.25) is 10.0 Å². The maximum Gasteiger partial charge on any atom is 0.0726 e. The first-order valence-corrected chi connectivity index (χ1v) is 8.19. The van der Waals surface area contributed by atoms with E-state index in [0.29, 0.717) is 22.2 Å². The third kappa shape index (κ3) is 3.37. The third-order valence-corrected chi connectivity index (χ3v) is 4.68. The second-order valence-electron chi connectivity index (χ2n) is 5.62. The number of benzene rings is 1. The first-order chi connectivity index (χ1) is 10.1. The van der Waals surface area contributed by atoms with E-state index >= 15 is 0 Å². The molecule has 0 bridgehead atoms. The van der Waals surface area contributed by atoms with E-state index in [1.807, 2.05) is 12.1 Å². The summed E-state index contributed by atoms with van der Waals surface area (Å²) in [7, 11) is 0. The van der Waals surface area contributed by atoms with Crippen LogP contribution in [0.1, 0.15) is 19.8 Å². The molecule has 0 saturated carbocycles. The molecule has 114 valence electrons. The molecule has 1 aliphatic heterocycles. The van der Waals surface area contributed by atoms with Crippen LogP contribution in [0.5, 0.6) is 0 Å². The summed E-state index contributed by atoms with van der Waals surface area (Å²) in [6, 6.07) is 6.18.